The van der Waals surface area contributed by atoms with Crippen molar-refractivity contribution in [3.05, 3.63) is 45.4 Å². The first-order valence-corrected chi connectivity index (χ1v) is 8.91. The van der Waals surface area contributed by atoms with Crippen molar-refractivity contribution in [3.63, 3.8) is 0 Å². The summed E-state index contributed by atoms with van der Waals surface area (Å²) in [6.07, 6.45) is 0. The van der Waals surface area contributed by atoms with Gasteiger partial charge in [0.25, 0.3) is 0 Å². The Labute approximate surface area is 171 Å². The van der Waals surface area contributed by atoms with E-state index in [-0.39, 0.29) is 24.0 Å². The summed E-state index contributed by atoms with van der Waals surface area (Å²) in [7, 11) is 3.80. The van der Waals surface area contributed by atoms with Gasteiger partial charge in [0.05, 0.1) is 23.8 Å². The van der Waals surface area contributed by atoms with Crippen LogP contribution in [-0.2, 0) is 6.54 Å². The zero-order valence-electron chi connectivity index (χ0n) is 15.5. The van der Waals surface area contributed by atoms with Crippen LogP contribution in [-0.4, -0.2) is 43.1 Å². The molecule has 2 aromatic rings. The van der Waals surface area contributed by atoms with Crippen molar-refractivity contribution in [2.75, 3.05) is 27.2 Å². The van der Waals surface area contributed by atoms with Crippen molar-refractivity contribution in [1.29, 1.82) is 0 Å². The van der Waals surface area contributed by atoms with Gasteiger partial charge in [0, 0.05) is 19.5 Å². The molecular formula is C18H27IN4OS. The lowest BCUT2D eigenvalue weighted by molar-refractivity contribution is 0.315. The van der Waals surface area contributed by atoms with Crippen molar-refractivity contribution in [3.8, 4) is 5.75 Å². The molecule has 0 saturated carbocycles. The van der Waals surface area contributed by atoms with Crippen LogP contribution in [0.15, 0.2) is 28.6 Å². The van der Waals surface area contributed by atoms with Crippen LogP contribution >= 0.6 is 35.3 Å². The van der Waals surface area contributed by atoms with E-state index in [0.717, 1.165) is 40.1 Å². The molecule has 2 rings (SSSR count). The first kappa shape index (κ1) is 21.7. The van der Waals surface area contributed by atoms with Crippen molar-refractivity contribution >= 4 is 41.3 Å². The van der Waals surface area contributed by atoms with E-state index in [2.05, 4.69) is 51.6 Å². The molecule has 1 aromatic carbocycles. The number of para-hydroxylation sites is 1. The van der Waals surface area contributed by atoms with Crippen LogP contribution in [0.5, 0.6) is 5.75 Å². The van der Waals surface area contributed by atoms with Crippen LogP contribution in [0.4, 0.5) is 0 Å². The minimum atomic E-state index is 0. The molecule has 0 saturated heterocycles. The highest BCUT2D eigenvalue weighted by Gasteiger charge is 2.09. The monoisotopic (exact) mass is 474 g/mol. The van der Waals surface area contributed by atoms with E-state index in [9.17, 15) is 0 Å². The van der Waals surface area contributed by atoms with Crippen LogP contribution in [0.2, 0.25) is 0 Å². The molecule has 0 spiro atoms. The summed E-state index contributed by atoms with van der Waals surface area (Å²) in [4.78, 5) is 10.9. The van der Waals surface area contributed by atoms with Gasteiger partial charge in [-0.1, -0.05) is 18.2 Å². The molecule has 25 heavy (non-hydrogen) atoms. The molecule has 0 fully saturated rings. The Kier molecular flexibility index (Phi) is 9.20. The number of halogens is 1. The summed E-state index contributed by atoms with van der Waals surface area (Å²) in [6.45, 7) is 8.18. The Morgan fingerprint density at radius 3 is 2.52 bits per heavy atom. The van der Waals surface area contributed by atoms with Gasteiger partial charge in [-0.05, 0) is 31.9 Å². The zero-order valence-corrected chi connectivity index (χ0v) is 18.6. The molecule has 0 unspecified atom stereocenters. The predicted octanol–water partition coefficient (Wildman–Crippen LogP) is 3.77. The van der Waals surface area contributed by atoms with Gasteiger partial charge in [-0.25, -0.2) is 4.98 Å². The summed E-state index contributed by atoms with van der Waals surface area (Å²) >= 11 is 1.67. The Morgan fingerprint density at radius 1 is 1.28 bits per heavy atom. The maximum Gasteiger partial charge on any atom is 0.193 e. The molecule has 1 aromatic heterocycles. The maximum absolute atomic E-state index is 5.92. The first-order chi connectivity index (χ1) is 11.5. The van der Waals surface area contributed by atoms with Gasteiger partial charge in [-0.2, -0.15) is 0 Å². The lowest BCUT2D eigenvalue weighted by Crippen LogP contribution is -2.40. The quantitative estimate of drug-likeness (QED) is 0.300. The second kappa shape index (κ2) is 10.6. The number of aliphatic imine (C=N–C) groups is 1. The molecule has 1 N–H and O–H groups in total. The third kappa shape index (κ3) is 6.47. The van der Waals surface area contributed by atoms with Crippen LogP contribution in [0.1, 0.15) is 21.8 Å². The van der Waals surface area contributed by atoms with Crippen LogP contribution in [0.3, 0.4) is 0 Å². The lowest BCUT2D eigenvalue weighted by atomic mass is 10.1. The molecule has 138 valence electrons. The Hall–Kier alpha value is -1.35. The number of ether oxygens (including phenoxy) is 1. The van der Waals surface area contributed by atoms with Crippen LogP contribution in [0, 0.1) is 20.8 Å². The number of nitrogens with zero attached hydrogens (tertiary/aromatic N) is 3. The predicted molar refractivity (Wildman–Crippen MR) is 117 cm³/mol. The summed E-state index contributed by atoms with van der Waals surface area (Å²) < 4.78 is 5.92. The van der Waals surface area contributed by atoms with Crippen molar-refractivity contribution in [2.24, 2.45) is 4.99 Å². The number of nitrogens with one attached hydrogen (secondary N) is 1. The van der Waals surface area contributed by atoms with E-state index in [0.29, 0.717) is 13.2 Å². The molecule has 0 aliphatic heterocycles. The summed E-state index contributed by atoms with van der Waals surface area (Å²) in [6, 6.07) is 6.18. The fourth-order valence-electron chi connectivity index (χ4n) is 2.53. The lowest BCUT2D eigenvalue weighted by Gasteiger charge is -2.21. The largest absolute Gasteiger partial charge is 0.491 e. The second-order valence-electron chi connectivity index (χ2n) is 5.76. The van der Waals surface area contributed by atoms with Crippen LogP contribution in [0.25, 0.3) is 0 Å². The topological polar surface area (TPSA) is 49.8 Å². The zero-order chi connectivity index (χ0) is 17.5. The summed E-state index contributed by atoms with van der Waals surface area (Å²) in [5, 5.41) is 6.50. The van der Waals surface area contributed by atoms with Gasteiger partial charge in [-0.15, -0.1) is 35.3 Å². The third-order valence-electron chi connectivity index (χ3n) is 3.68. The first-order valence-electron chi connectivity index (χ1n) is 8.03. The highest BCUT2D eigenvalue weighted by Crippen LogP contribution is 2.21. The number of benzene rings is 1. The van der Waals surface area contributed by atoms with Gasteiger partial charge in [0.15, 0.2) is 5.96 Å². The maximum atomic E-state index is 5.92. The molecule has 7 heteroatoms. The van der Waals surface area contributed by atoms with Gasteiger partial charge in [0.2, 0.25) is 0 Å². The Balaban J connectivity index is 0.00000312. The van der Waals surface area contributed by atoms with E-state index in [1.165, 1.54) is 0 Å². The van der Waals surface area contributed by atoms with Gasteiger partial charge >= 0.3 is 0 Å². The molecule has 0 aliphatic rings. The average molecular weight is 474 g/mol. The minimum absolute atomic E-state index is 0. The van der Waals surface area contributed by atoms with Gasteiger partial charge in [-0.3, -0.25) is 4.99 Å². The molecule has 0 bridgehead atoms. The normalized spacial score (nSPS) is 11.0. The summed E-state index contributed by atoms with van der Waals surface area (Å²) in [5.41, 5.74) is 3.39. The SMILES string of the molecule is CN=C(NCCOc1c(C)cccc1C)N(C)Cc1csc(C)n1.I. The summed E-state index contributed by atoms with van der Waals surface area (Å²) in [5.74, 6) is 1.81. The minimum Gasteiger partial charge on any atom is -0.491 e. The van der Waals surface area contributed by atoms with E-state index < -0.39 is 0 Å². The fraction of sp³-hybridized carbons (Fsp3) is 0.444. The average Bonchev–Trinajstić information content (AvgIpc) is 2.94. The molecule has 0 amide bonds. The molecule has 0 aliphatic carbocycles. The number of hydrogen-bond donors (Lipinski definition) is 1. The number of aromatic nitrogens is 1. The fourth-order valence-corrected chi connectivity index (χ4v) is 3.13. The molecule has 0 atom stereocenters. The van der Waals surface area contributed by atoms with E-state index in [4.69, 9.17) is 4.74 Å². The standard InChI is InChI=1S/C18H26N4OS.HI/c1-13-7-6-8-14(2)17(13)23-10-9-20-18(19-4)22(5)11-16-12-24-15(3)21-16;/h6-8,12H,9-11H2,1-5H3,(H,19,20);1H. The Bertz CT molecular complexity index is 682. The van der Waals surface area contributed by atoms with E-state index in [1.54, 1.807) is 18.4 Å². The highest BCUT2D eigenvalue weighted by atomic mass is 127. The highest BCUT2D eigenvalue weighted by molar-refractivity contribution is 14.0. The Morgan fingerprint density at radius 2 is 1.96 bits per heavy atom. The third-order valence-corrected chi connectivity index (χ3v) is 4.50. The molecule has 5 nitrogen and oxygen atoms in total. The number of aryl methyl sites for hydroxylation is 3. The number of guanidine groups is 1. The van der Waals surface area contributed by atoms with Gasteiger partial charge in [0.1, 0.15) is 12.4 Å². The smallest absolute Gasteiger partial charge is 0.193 e. The van der Waals surface area contributed by atoms with Gasteiger partial charge < -0.3 is 15.0 Å². The van der Waals surface area contributed by atoms with Crippen molar-refractivity contribution < 1.29 is 4.74 Å². The molecule has 0 radical (unpaired) electrons. The van der Waals surface area contributed by atoms with Crippen molar-refractivity contribution in [2.45, 2.75) is 27.3 Å². The molecule has 1 heterocycles. The van der Waals surface area contributed by atoms with Crippen LogP contribution < -0.4 is 10.1 Å². The number of hydrogen-bond acceptors (Lipinski definition) is 4. The number of rotatable bonds is 6. The van der Waals surface area contributed by atoms with E-state index >= 15 is 0 Å². The van der Waals surface area contributed by atoms with Crippen molar-refractivity contribution in [1.82, 2.24) is 15.2 Å². The number of thiazole rings is 1. The van der Waals surface area contributed by atoms with E-state index in [1.807, 2.05) is 20.0 Å². The second-order valence-corrected chi connectivity index (χ2v) is 6.82. The molecular weight excluding hydrogens is 447 g/mol.